The molecule has 28 heavy (non-hydrogen) atoms. The summed E-state index contributed by atoms with van der Waals surface area (Å²) in [7, 11) is 0. The Morgan fingerprint density at radius 1 is 1.25 bits per heavy atom. The summed E-state index contributed by atoms with van der Waals surface area (Å²) in [6.07, 6.45) is -5.55. The van der Waals surface area contributed by atoms with Crippen LogP contribution in [0.3, 0.4) is 0 Å². The van der Waals surface area contributed by atoms with Crippen molar-refractivity contribution in [1.29, 1.82) is 0 Å². The summed E-state index contributed by atoms with van der Waals surface area (Å²) in [6, 6.07) is 3.57. The first kappa shape index (κ1) is 19.4. The molecule has 3 aromatic rings. The van der Waals surface area contributed by atoms with Crippen molar-refractivity contribution in [3.05, 3.63) is 39.7 Å². The van der Waals surface area contributed by atoms with E-state index in [9.17, 15) is 18.0 Å². The summed E-state index contributed by atoms with van der Waals surface area (Å²) < 4.78 is 39.7. The highest BCUT2D eigenvalue weighted by molar-refractivity contribution is 5.80. The van der Waals surface area contributed by atoms with Gasteiger partial charge in [0.05, 0.1) is 18.5 Å². The van der Waals surface area contributed by atoms with E-state index < -0.39 is 24.8 Å². The molecule has 3 aromatic heterocycles. The van der Waals surface area contributed by atoms with Gasteiger partial charge in [-0.15, -0.1) is 9.38 Å². The maximum Gasteiger partial charge on any atom is 0.428 e. The minimum Gasteiger partial charge on any atom is -0.319 e. The van der Waals surface area contributed by atoms with Crippen LogP contribution in [-0.2, 0) is 6.54 Å². The van der Waals surface area contributed by atoms with Crippen LogP contribution in [0.4, 0.5) is 19.1 Å². The molecule has 0 aliphatic carbocycles. The first-order valence-corrected chi connectivity index (χ1v) is 8.40. The molecule has 7 nitrogen and oxygen atoms in total. The van der Waals surface area contributed by atoms with Crippen LogP contribution in [0, 0.1) is 25.7 Å². The molecule has 0 spiro atoms. The molecule has 0 fully saturated rings. The number of alkyl halides is 3. The smallest absolute Gasteiger partial charge is 0.319 e. The Hall–Kier alpha value is -3.35. The Labute approximate surface area is 158 Å². The average molecular weight is 391 g/mol. The topological polar surface area (TPSA) is 93.7 Å². The lowest BCUT2D eigenvalue weighted by Gasteiger charge is -2.06. The van der Waals surface area contributed by atoms with Crippen LogP contribution in [-0.4, -0.2) is 25.9 Å². The largest absolute Gasteiger partial charge is 0.428 e. The number of aryl methyl sites for hydroxylation is 3. The predicted octanol–water partition coefficient (Wildman–Crippen LogP) is 1.89. The minimum atomic E-state index is -4.40. The number of pyridine rings is 1. The molecule has 3 N–H and O–H groups in total. The molecule has 0 unspecified atom stereocenters. The van der Waals surface area contributed by atoms with Crippen LogP contribution in [0.1, 0.15) is 30.4 Å². The fourth-order valence-electron chi connectivity index (χ4n) is 3.01. The lowest BCUT2D eigenvalue weighted by molar-refractivity contribution is -0.517. The predicted molar refractivity (Wildman–Crippen MR) is 96.3 cm³/mol. The van der Waals surface area contributed by atoms with Crippen molar-refractivity contribution >= 4 is 11.6 Å². The number of hydrogen-bond donors (Lipinski definition) is 2. The first-order chi connectivity index (χ1) is 13.1. The molecule has 0 aromatic carbocycles. The number of nitrogens with one attached hydrogen (secondary N) is 1. The number of nitrogens with two attached hydrogens (primary N) is 1. The zero-order valence-corrected chi connectivity index (χ0v) is 15.5. The lowest BCUT2D eigenvalue weighted by Crippen LogP contribution is -2.44. The third-order valence-corrected chi connectivity index (χ3v) is 4.05. The molecule has 0 amide bonds. The van der Waals surface area contributed by atoms with E-state index in [4.69, 9.17) is 5.73 Å². The van der Waals surface area contributed by atoms with Crippen molar-refractivity contribution in [1.82, 2.24) is 19.7 Å². The van der Waals surface area contributed by atoms with Gasteiger partial charge in [-0.3, -0.25) is 4.98 Å². The van der Waals surface area contributed by atoms with Gasteiger partial charge in [0, 0.05) is 11.4 Å². The second-order valence-electron chi connectivity index (χ2n) is 6.30. The van der Waals surface area contributed by atoms with Crippen molar-refractivity contribution < 1.29 is 17.6 Å². The third kappa shape index (κ3) is 3.69. The number of halogens is 3. The molecule has 0 saturated carbocycles. The lowest BCUT2D eigenvalue weighted by atomic mass is 10.0. The molecule has 0 atom stereocenters. The van der Waals surface area contributed by atoms with E-state index in [1.165, 1.54) is 0 Å². The molecule has 0 saturated heterocycles. The van der Waals surface area contributed by atoms with E-state index in [-0.39, 0.29) is 11.6 Å². The molecule has 10 heteroatoms. The number of hydrogen-bond acceptors (Lipinski definition) is 4. The van der Waals surface area contributed by atoms with Gasteiger partial charge in [-0.25, -0.2) is 9.89 Å². The van der Waals surface area contributed by atoms with Crippen LogP contribution in [0.25, 0.3) is 16.8 Å². The van der Waals surface area contributed by atoms with Crippen LogP contribution in [0.15, 0.2) is 16.9 Å². The number of anilines is 1. The Bertz CT molecular complexity index is 1160. The van der Waals surface area contributed by atoms with Gasteiger partial charge in [-0.05, 0) is 44.4 Å². The standard InChI is InChI=1S/C18H17F3N6O/c1-4-5-13-14(12-8-10(2)23-11(3)9-12)15-25-26(7-6-18(19,20)21)17(28)27(15)16(22)24-13/h8-9H,6-7H2,1-3H3,(H2,22,23,24,25)/p+1. The highest BCUT2D eigenvalue weighted by atomic mass is 19.4. The molecule has 3 rings (SSSR count). The number of fused-ring (bicyclic) bond motifs is 1. The second kappa shape index (κ2) is 6.99. The van der Waals surface area contributed by atoms with E-state index in [1.54, 1.807) is 19.1 Å². The monoisotopic (exact) mass is 391 g/mol. The van der Waals surface area contributed by atoms with E-state index in [0.29, 0.717) is 16.8 Å². The zero-order chi connectivity index (χ0) is 20.6. The zero-order valence-electron chi connectivity index (χ0n) is 15.5. The van der Waals surface area contributed by atoms with E-state index >= 15 is 0 Å². The minimum absolute atomic E-state index is 0.161. The van der Waals surface area contributed by atoms with Gasteiger partial charge < -0.3 is 5.73 Å². The van der Waals surface area contributed by atoms with Crippen molar-refractivity contribution in [2.45, 2.75) is 39.9 Å². The fourth-order valence-corrected chi connectivity index (χ4v) is 3.01. The summed E-state index contributed by atoms with van der Waals surface area (Å²) in [4.78, 5) is 21.1. The van der Waals surface area contributed by atoms with Crippen molar-refractivity contribution in [3.63, 3.8) is 0 Å². The molecule has 146 valence electrons. The Balaban J connectivity index is 2.33. The second-order valence-corrected chi connectivity index (χ2v) is 6.30. The van der Waals surface area contributed by atoms with Gasteiger partial charge >= 0.3 is 17.8 Å². The van der Waals surface area contributed by atoms with Gasteiger partial charge in [-0.2, -0.15) is 17.9 Å². The number of H-pyrrole nitrogens is 1. The molecule has 0 bridgehead atoms. The summed E-state index contributed by atoms with van der Waals surface area (Å²) in [5.74, 6) is 5.43. The first-order valence-electron chi connectivity index (χ1n) is 8.40. The summed E-state index contributed by atoms with van der Waals surface area (Å²) in [6.45, 7) is 4.69. The summed E-state index contributed by atoms with van der Waals surface area (Å²) in [5, 5.41) is 2.74. The van der Waals surface area contributed by atoms with Crippen molar-refractivity contribution in [2.75, 3.05) is 5.73 Å². The van der Waals surface area contributed by atoms with Gasteiger partial charge in [0.2, 0.25) is 5.65 Å². The maximum atomic E-state index is 12.6. The Morgan fingerprint density at radius 3 is 2.46 bits per heavy atom. The molecular formula is C18H18F3N6O+. The highest BCUT2D eigenvalue weighted by Crippen LogP contribution is 2.26. The van der Waals surface area contributed by atoms with Crippen LogP contribution < -0.4 is 15.8 Å². The molecule has 0 aliphatic rings. The van der Waals surface area contributed by atoms with E-state index in [1.807, 2.05) is 13.8 Å². The van der Waals surface area contributed by atoms with Gasteiger partial charge in [0.25, 0.3) is 0 Å². The summed E-state index contributed by atoms with van der Waals surface area (Å²) >= 11 is 0. The Morgan fingerprint density at radius 2 is 1.89 bits per heavy atom. The number of aromatic amines is 1. The highest BCUT2D eigenvalue weighted by Gasteiger charge is 2.30. The average Bonchev–Trinajstić information content (AvgIpc) is 2.89. The van der Waals surface area contributed by atoms with Crippen molar-refractivity contribution in [2.24, 2.45) is 0 Å². The third-order valence-electron chi connectivity index (χ3n) is 4.05. The summed E-state index contributed by atoms with van der Waals surface area (Å²) in [5.41, 5.74) is 8.33. The maximum absolute atomic E-state index is 12.6. The van der Waals surface area contributed by atoms with Gasteiger partial charge in [0.1, 0.15) is 0 Å². The van der Waals surface area contributed by atoms with Gasteiger partial charge in [0.15, 0.2) is 5.69 Å². The van der Waals surface area contributed by atoms with E-state index in [2.05, 4.69) is 26.9 Å². The Kier molecular flexibility index (Phi) is 4.85. The fraction of sp³-hybridized carbons (Fsp3) is 0.333. The molecular weight excluding hydrogens is 373 g/mol. The van der Waals surface area contributed by atoms with Crippen LogP contribution in [0.2, 0.25) is 0 Å². The number of nitrogen functional groups attached to an aromatic ring is 1. The van der Waals surface area contributed by atoms with Crippen molar-refractivity contribution in [3.8, 4) is 23.0 Å². The van der Waals surface area contributed by atoms with Crippen LogP contribution >= 0.6 is 0 Å². The number of nitrogens with zero attached hydrogens (tertiary/aromatic N) is 4. The molecule has 3 heterocycles. The number of rotatable bonds is 3. The molecule has 0 aliphatic heterocycles. The van der Waals surface area contributed by atoms with E-state index in [0.717, 1.165) is 20.5 Å². The normalized spacial score (nSPS) is 11.5. The quantitative estimate of drug-likeness (QED) is 0.527. The van der Waals surface area contributed by atoms with Crippen LogP contribution in [0.5, 0.6) is 0 Å². The number of aromatic nitrogens is 5. The van der Waals surface area contributed by atoms with Gasteiger partial charge in [-0.1, -0.05) is 5.92 Å². The SMILES string of the molecule is CC#Cc1nc(N)[n+]2c(=O)n(CCC(F)(F)F)[nH]c2c1-c1cc(C)nc(C)c1. The molecule has 0 radical (unpaired) electrons.